The Morgan fingerprint density at radius 3 is 0.925 bits per heavy atom. The third-order valence-corrected chi connectivity index (χ3v) is 12.1. The van der Waals surface area contributed by atoms with Gasteiger partial charge >= 0.3 is 0 Å². The molecule has 0 atom stereocenters. The van der Waals surface area contributed by atoms with Crippen LogP contribution in [-0.2, 0) is 11.5 Å². The first-order valence-electron chi connectivity index (χ1n) is 14.0. The number of benzene rings is 6. The molecule has 0 radical (unpaired) electrons. The van der Waals surface area contributed by atoms with Crippen LogP contribution in [0.2, 0.25) is 0 Å². The first kappa shape index (κ1) is 27.9. The highest BCUT2D eigenvalue weighted by Crippen LogP contribution is 2.33. The molecule has 40 heavy (non-hydrogen) atoms. The molecule has 0 nitrogen and oxygen atoms in total. The molecular formula is C36H34S4. The lowest BCUT2D eigenvalue weighted by atomic mass is 9.98. The number of thioether (sulfide) groups is 4. The van der Waals surface area contributed by atoms with Crippen molar-refractivity contribution in [3.8, 4) is 0 Å². The van der Waals surface area contributed by atoms with Gasteiger partial charge in [0.15, 0.2) is 0 Å². The molecule has 4 heteroatoms. The first-order valence-corrected chi connectivity index (χ1v) is 18.6. The summed E-state index contributed by atoms with van der Waals surface area (Å²) < 4.78 is 0. The second-order valence-electron chi connectivity index (χ2n) is 9.92. The van der Waals surface area contributed by atoms with Gasteiger partial charge in [0, 0.05) is 46.0 Å². The quantitative estimate of drug-likeness (QED) is 0.0963. The maximum Gasteiger partial charge on any atom is 0.0197 e. The van der Waals surface area contributed by atoms with Gasteiger partial charge in [-0.2, -0.15) is 47.0 Å². The van der Waals surface area contributed by atoms with E-state index in [1.54, 1.807) is 0 Å². The van der Waals surface area contributed by atoms with Gasteiger partial charge in [-0.25, -0.2) is 0 Å². The second kappa shape index (κ2) is 14.1. The molecule has 0 spiro atoms. The summed E-state index contributed by atoms with van der Waals surface area (Å²) >= 11 is 8.38. The molecule has 0 aliphatic carbocycles. The SMILES string of the molecule is c1ccc2c(CSCCSCCSCCSCc3c4ccccc4cc4ccccc34)c3ccccc3cc2c1. The van der Waals surface area contributed by atoms with Gasteiger partial charge < -0.3 is 0 Å². The molecule has 6 aromatic rings. The van der Waals surface area contributed by atoms with E-state index in [9.17, 15) is 0 Å². The monoisotopic (exact) mass is 594 g/mol. The van der Waals surface area contributed by atoms with E-state index in [2.05, 4.69) is 156 Å². The van der Waals surface area contributed by atoms with Gasteiger partial charge in [-0.3, -0.25) is 0 Å². The Balaban J connectivity index is 0.899. The van der Waals surface area contributed by atoms with Crippen molar-refractivity contribution in [2.24, 2.45) is 0 Å². The van der Waals surface area contributed by atoms with Crippen LogP contribution in [-0.4, -0.2) is 34.5 Å². The van der Waals surface area contributed by atoms with E-state index in [0.717, 1.165) is 11.5 Å². The summed E-state index contributed by atoms with van der Waals surface area (Å²) in [5.41, 5.74) is 2.99. The predicted octanol–water partition coefficient (Wildman–Crippen LogP) is 10.9. The Morgan fingerprint density at radius 1 is 0.325 bits per heavy atom. The minimum Gasteiger partial charge on any atom is -0.160 e. The van der Waals surface area contributed by atoms with Crippen molar-refractivity contribution in [2.75, 3.05) is 34.5 Å². The van der Waals surface area contributed by atoms with Crippen molar-refractivity contribution in [1.82, 2.24) is 0 Å². The van der Waals surface area contributed by atoms with Crippen LogP contribution in [0.3, 0.4) is 0 Å². The summed E-state index contributed by atoms with van der Waals surface area (Å²) in [6.45, 7) is 0. The minimum absolute atomic E-state index is 1.08. The smallest absolute Gasteiger partial charge is 0.0197 e. The zero-order chi connectivity index (χ0) is 27.0. The van der Waals surface area contributed by atoms with Crippen molar-refractivity contribution >= 4 is 90.1 Å². The molecule has 6 rings (SSSR count). The predicted molar refractivity (Wildman–Crippen MR) is 190 cm³/mol. The Labute approximate surface area is 255 Å². The van der Waals surface area contributed by atoms with Crippen molar-refractivity contribution < 1.29 is 0 Å². The lowest BCUT2D eigenvalue weighted by Gasteiger charge is -2.12. The molecule has 0 bridgehead atoms. The maximum atomic E-state index is 2.33. The molecule has 6 aromatic carbocycles. The van der Waals surface area contributed by atoms with Crippen molar-refractivity contribution in [1.29, 1.82) is 0 Å². The summed E-state index contributed by atoms with van der Waals surface area (Å²) in [6.07, 6.45) is 0. The van der Waals surface area contributed by atoms with E-state index in [1.807, 2.05) is 0 Å². The number of fused-ring (bicyclic) bond motifs is 4. The van der Waals surface area contributed by atoms with E-state index in [-0.39, 0.29) is 0 Å². The highest BCUT2D eigenvalue weighted by molar-refractivity contribution is 8.05. The number of hydrogen-bond acceptors (Lipinski definition) is 4. The zero-order valence-electron chi connectivity index (χ0n) is 22.7. The van der Waals surface area contributed by atoms with Crippen LogP contribution in [0.1, 0.15) is 11.1 Å². The fourth-order valence-electron chi connectivity index (χ4n) is 5.43. The molecule has 0 unspecified atom stereocenters. The van der Waals surface area contributed by atoms with Crippen LogP contribution in [0.25, 0.3) is 43.1 Å². The molecular weight excluding hydrogens is 561 g/mol. The van der Waals surface area contributed by atoms with Crippen molar-refractivity contribution in [2.45, 2.75) is 11.5 Å². The van der Waals surface area contributed by atoms with Crippen LogP contribution >= 0.6 is 47.0 Å². The first-order chi connectivity index (χ1) is 19.9. The number of hydrogen-bond donors (Lipinski definition) is 0. The molecule has 0 aromatic heterocycles. The van der Waals surface area contributed by atoms with Gasteiger partial charge in [-0.15, -0.1) is 0 Å². The van der Waals surface area contributed by atoms with Crippen LogP contribution in [0.15, 0.2) is 109 Å². The highest BCUT2D eigenvalue weighted by Gasteiger charge is 2.09. The molecule has 0 fully saturated rings. The summed E-state index contributed by atoms with van der Waals surface area (Å²) in [7, 11) is 0. The van der Waals surface area contributed by atoms with Gasteiger partial charge in [0.05, 0.1) is 0 Å². The molecule has 0 N–H and O–H groups in total. The van der Waals surface area contributed by atoms with E-state index < -0.39 is 0 Å². The fourth-order valence-corrected chi connectivity index (χ4v) is 9.99. The normalized spacial score (nSPS) is 11.7. The second-order valence-corrected chi connectivity index (χ2v) is 14.6. The van der Waals surface area contributed by atoms with Gasteiger partial charge in [-0.1, -0.05) is 97.1 Å². The lowest BCUT2D eigenvalue weighted by Crippen LogP contribution is -1.94. The molecule has 202 valence electrons. The Kier molecular flexibility index (Phi) is 9.83. The molecule has 0 aliphatic heterocycles. The van der Waals surface area contributed by atoms with Gasteiger partial charge in [0.1, 0.15) is 0 Å². The third-order valence-electron chi connectivity index (χ3n) is 7.37. The van der Waals surface area contributed by atoms with Crippen LogP contribution in [0.4, 0.5) is 0 Å². The average Bonchev–Trinajstić information content (AvgIpc) is 3.00. The molecule has 0 saturated carbocycles. The van der Waals surface area contributed by atoms with Gasteiger partial charge in [0.2, 0.25) is 0 Å². The summed E-state index contributed by atoms with van der Waals surface area (Å²) in [5.74, 6) is 9.56. The minimum atomic E-state index is 1.08. The zero-order valence-corrected chi connectivity index (χ0v) is 25.9. The topological polar surface area (TPSA) is 0 Å². The van der Waals surface area contributed by atoms with Crippen LogP contribution < -0.4 is 0 Å². The van der Waals surface area contributed by atoms with E-state index in [4.69, 9.17) is 0 Å². The maximum absolute atomic E-state index is 2.33. The third kappa shape index (κ3) is 6.62. The number of rotatable bonds is 13. The highest BCUT2D eigenvalue weighted by atomic mass is 32.2. The standard InChI is InChI=1S/C36H34S4/c1-5-13-31-27(9-1)23-28-10-2-6-14-32(28)35(31)25-39-21-19-37-17-18-38-20-22-40-26-36-33-15-7-3-11-29(33)24-30-12-4-8-16-34(30)36/h1-16,23-24H,17-22,25-26H2. The largest absolute Gasteiger partial charge is 0.160 e. The van der Waals surface area contributed by atoms with Crippen LogP contribution in [0.5, 0.6) is 0 Å². The average molecular weight is 595 g/mol. The summed E-state index contributed by atoms with van der Waals surface area (Å²) in [6, 6.07) is 40.0. The van der Waals surface area contributed by atoms with Crippen molar-refractivity contribution in [3.63, 3.8) is 0 Å². The molecule has 0 saturated heterocycles. The Hall–Kier alpha value is -2.24. The molecule has 0 heterocycles. The lowest BCUT2D eigenvalue weighted by molar-refractivity contribution is 1.44. The van der Waals surface area contributed by atoms with Gasteiger partial charge in [-0.05, 0) is 66.3 Å². The summed E-state index contributed by atoms with van der Waals surface area (Å²) in [4.78, 5) is 0. The van der Waals surface area contributed by atoms with E-state index >= 15 is 0 Å². The molecule has 0 aliphatic rings. The van der Waals surface area contributed by atoms with Gasteiger partial charge in [0.25, 0.3) is 0 Å². The Bertz CT molecular complexity index is 1490. The van der Waals surface area contributed by atoms with Crippen molar-refractivity contribution in [3.05, 3.63) is 120 Å². The summed E-state index contributed by atoms with van der Waals surface area (Å²) in [5, 5.41) is 11.0. The fraction of sp³-hybridized carbons (Fsp3) is 0.222. The van der Waals surface area contributed by atoms with Crippen LogP contribution in [0, 0.1) is 0 Å². The molecule has 0 amide bonds. The van der Waals surface area contributed by atoms with E-state index in [1.165, 1.54) is 88.7 Å². The van der Waals surface area contributed by atoms with E-state index in [0.29, 0.717) is 0 Å². The Morgan fingerprint density at radius 2 is 0.600 bits per heavy atom.